The summed E-state index contributed by atoms with van der Waals surface area (Å²) in [7, 11) is 0. The van der Waals surface area contributed by atoms with E-state index in [9.17, 15) is 0 Å². The van der Waals surface area contributed by atoms with Crippen LogP contribution in [0, 0.1) is 5.92 Å². The standard InChI is InChI=1S/C13H25N3O/c1-4-11(2)7-12(3)14-8-13-9-15-16(10-13)5-6-17/h9-12,14,17H,4-8H2,1-3H3. The van der Waals surface area contributed by atoms with Crippen molar-refractivity contribution >= 4 is 0 Å². The van der Waals surface area contributed by atoms with Crippen LogP contribution >= 0.6 is 0 Å². The highest BCUT2D eigenvalue weighted by molar-refractivity contribution is 5.03. The molecule has 0 spiro atoms. The van der Waals surface area contributed by atoms with Crippen molar-refractivity contribution in [1.29, 1.82) is 0 Å². The van der Waals surface area contributed by atoms with Gasteiger partial charge in [-0.05, 0) is 19.3 Å². The second-order valence-corrected chi connectivity index (χ2v) is 4.87. The molecule has 0 bridgehead atoms. The van der Waals surface area contributed by atoms with Gasteiger partial charge in [-0.25, -0.2) is 0 Å². The van der Waals surface area contributed by atoms with E-state index in [-0.39, 0.29) is 6.61 Å². The quantitative estimate of drug-likeness (QED) is 0.727. The molecule has 0 aliphatic heterocycles. The molecule has 2 unspecified atom stereocenters. The molecule has 0 saturated heterocycles. The summed E-state index contributed by atoms with van der Waals surface area (Å²) in [6.45, 7) is 8.31. The van der Waals surface area contributed by atoms with Crippen LogP contribution in [0.1, 0.15) is 39.2 Å². The third-order valence-electron chi connectivity index (χ3n) is 3.12. The fourth-order valence-corrected chi connectivity index (χ4v) is 1.87. The van der Waals surface area contributed by atoms with Gasteiger partial charge in [-0.3, -0.25) is 4.68 Å². The second kappa shape index (κ2) is 7.45. The second-order valence-electron chi connectivity index (χ2n) is 4.87. The lowest BCUT2D eigenvalue weighted by Crippen LogP contribution is -2.27. The van der Waals surface area contributed by atoms with Gasteiger partial charge in [0, 0.05) is 24.3 Å². The molecule has 4 heteroatoms. The molecular weight excluding hydrogens is 214 g/mol. The Morgan fingerprint density at radius 1 is 1.47 bits per heavy atom. The molecule has 1 aromatic heterocycles. The Kier molecular flexibility index (Phi) is 6.22. The van der Waals surface area contributed by atoms with Crippen LogP contribution in [0.5, 0.6) is 0 Å². The molecule has 0 radical (unpaired) electrons. The monoisotopic (exact) mass is 239 g/mol. The molecule has 2 atom stereocenters. The van der Waals surface area contributed by atoms with E-state index < -0.39 is 0 Å². The predicted octanol–water partition coefficient (Wildman–Crippen LogP) is 1.79. The van der Waals surface area contributed by atoms with Crippen molar-refractivity contribution in [1.82, 2.24) is 15.1 Å². The van der Waals surface area contributed by atoms with Crippen LogP contribution < -0.4 is 5.32 Å². The predicted molar refractivity (Wildman–Crippen MR) is 69.7 cm³/mol. The van der Waals surface area contributed by atoms with E-state index in [2.05, 4.69) is 31.2 Å². The van der Waals surface area contributed by atoms with Crippen LogP contribution in [-0.2, 0) is 13.1 Å². The lowest BCUT2D eigenvalue weighted by Gasteiger charge is -2.16. The molecule has 0 amide bonds. The first-order valence-electron chi connectivity index (χ1n) is 6.51. The maximum absolute atomic E-state index is 8.80. The van der Waals surface area contributed by atoms with Gasteiger partial charge in [0.05, 0.1) is 19.3 Å². The third kappa shape index (κ3) is 5.33. The Morgan fingerprint density at radius 3 is 2.88 bits per heavy atom. The summed E-state index contributed by atoms with van der Waals surface area (Å²) in [5.41, 5.74) is 1.18. The number of aromatic nitrogens is 2. The summed E-state index contributed by atoms with van der Waals surface area (Å²) in [5.74, 6) is 0.773. The maximum Gasteiger partial charge on any atom is 0.0640 e. The Morgan fingerprint density at radius 2 is 2.24 bits per heavy atom. The lowest BCUT2D eigenvalue weighted by molar-refractivity contribution is 0.269. The topological polar surface area (TPSA) is 50.1 Å². The molecule has 1 heterocycles. The SMILES string of the molecule is CCC(C)CC(C)NCc1cnn(CCO)c1. The molecule has 2 N–H and O–H groups in total. The van der Waals surface area contributed by atoms with Gasteiger partial charge in [-0.15, -0.1) is 0 Å². The Hall–Kier alpha value is -0.870. The number of rotatable bonds is 8. The summed E-state index contributed by atoms with van der Waals surface area (Å²) in [6.07, 6.45) is 6.29. The lowest BCUT2D eigenvalue weighted by atomic mass is 10.0. The summed E-state index contributed by atoms with van der Waals surface area (Å²) in [5, 5.41) is 16.5. The molecule has 0 saturated carbocycles. The molecule has 98 valence electrons. The van der Waals surface area contributed by atoms with Crippen molar-refractivity contribution in [2.45, 2.75) is 52.7 Å². The van der Waals surface area contributed by atoms with E-state index in [1.807, 2.05) is 12.4 Å². The van der Waals surface area contributed by atoms with Crippen LogP contribution in [-0.4, -0.2) is 27.5 Å². The van der Waals surface area contributed by atoms with Crippen LogP contribution in [0.25, 0.3) is 0 Å². The van der Waals surface area contributed by atoms with E-state index >= 15 is 0 Å². The highest BCUT2D eigenvalue weighted by Gasteiger charge is 2.07. The Labute approximate surface area is 104 Å². The average molecular weight is 239 g/mol. The number of aliphatic hydroxyl groups is 1. The maximum atomic E-state index is 8.80. The first-order chi connectivity index (χ1) is 8.15. The van der Waals surface area contributed by atoms with E-state index in [4.69, 9.17) is 5.11 Å². The van der Waals surface area contributed by atoms with Crippen LogP contribution in [0.2, 0.25) is 0 Å². The van der Waals surface area contributed by atoms with E-state index in [1.54, 1.807) is 4.68 Å². The van der Waals surface area contributed by atoms with Gasteiger partial charge in [-0.1, -0.05) is 20.3 Å². The van der Waals surface area contributed by atoms with Crippen LogP contribution in [0.4, 0.5) is 0 Å². The minimum Gasteiger partial charge on any atom is -0.394 e. The summed E-state index contributed by atoms with van der Waals surface area (Å²) in [6, 6.07) is 0.533. The fourth-order valence-electron chi connectivity index (χ4n) is 1.87. The first-order valence-corrected chi connectivity index (χ1v) is 6.51. The van der Waals surface area contributed by atoms with Gasteiger partial charge in [0.25, 0.3) is 0 Å². The minimum absolute atomic E-state index is 0.138. The van der Waals surface area contributed by atoms with Crippen molar-refractivity contribution in [2.24, 2.45) is 5.92 Å². The Bertz CT molecular complexity index is 311. The molecule has 1 aromatic rings. The molecule has 0 aliphatic rings. The van der Waals surface area contributed by atoms with Crippen molar-refractivity contribution in [2.75, 3.05) is 6.61 Å². The zero-order valence-electron chi connectivity index (χ0n) is 11.2. The third-order valence-corrected chi connectivity index (χ3v) is 3.12. The van der Waals surface area contributed by atoms with Crippen LogP contribution in [0.3, 0.4) is 0 Å². The van der Waals surface area contributed by atoms with Crippen molar-refractivity contribution in [3.8, 4) is 0 Å². The molecule has 0 aliphatic carbocycles. The first kappa shape index (κ1) is 14.2. The summed E-state index contributed by atoms with van der Waals surface area (Å²) in [4.78, 5) is 0. The normalized spacial score (nSPS) is 14.8. The van der Waals surface area contributed by atoms with Gasteiger partial charge in [0.2, 0.25) is 0 Å². The van der Waals surface area contributed by atoms with Crippen molar-refractivity contribution < 1.29 is 5.11 Å². The van der Waals surface area contributed by atoms with Crippen LogP contribution in [0.15, 0.2) is 12.4 Å². The van der Waals surface area contributed by atoms with Crippen molar-refractivity contribution in [3.63, 3.8) is 0 Å². The fraction of sp³-hybridized carbons (Fsp3) is 0.769. The number of hydrogen-bond acceptors (Lipinski definition) is 3. The van der Waals surface area contributed by atoms with Gasteiger partial charge >= 0.3 is 0 Å². The van der Waals surface area contributed by atoms with Gasteiger partial charge in [-0.2, -0.15) is 5.10 Å². The zero-order valence-corrected chi connectivity index (χ0v) is 11.2. The van der Waals surface area contributed by atoms with Gasteiger partial charge < -0.3 is 10.4 Å². The number of hydrogen-bond donors (Lipinski definition) is 2. The molecule has 17 heavy (non-hydrogen) atoms. The minimum atomic E-state index is 0.138. The largest absolute Gasteiger partial charge is 0.394 e. The zero-order chi connectivity index (χ0) is 12.7. The smallest absolute Gasteiger partial charge is 0.0640 e. The van der Waals surface area contributed by atoms with E-state index in [1.165, 1.54) is 18.4 Å². The highest BCUT2D eigenvalue weighted by Crippen LogP contribution is 2.09. The summed E-state index contributed by atoms with van der Waals surface area (Å²) >= 11 is 0. The van der Waals surface area contributed by atoms with Crippen molar-refractivity contribution in [3.05, 3.63) is 18.0 Å². The van der Waals surface area contributed by atoms with Gasteiger partial charge in [0.1, 0.15) is 0 Å². The summed E-state index contributed by atoms with van der Waals surface area (Å²) < 4.78 is 1.77. The number of nitrogens with one attached hydrogen (secondary N) is 1. The van der Waals surface area contributed by atoms with Gasteiger partial charge in [0.15, 0.2) is 0 Å². The number of aliphatic hydroxyl groups excluding tert-OH is 1. The molecule has 1 rings (SSSR count). The highest BCUT2D eigenvalue weighted by atomic mass is 16.3. The van der Waals surface area contributed by atoms with E-state index in [0.717, 1.165) is 12.5 Å². The molecule has 0 fully saturated rings. The Balaban J connectivity index is 2.29. The molecule has 0 aromatic carbocycles. The average Bonchev–Trinajstić information content (AvgIpc) is 2.74. The molecule has 4 nitrogen and oxygen atoms in total. The molecular formula is C13H25N3O. The van der Waals surface area contributed by atoms with E-state index in [0.29, 0.717) is 12.6 Å². The number of nitrogens with zero attached hydrogens (tertiary/aromatic N) is 2.